The number of amides is 1. The monoisotopic (exact) mass is 386 g/mol. The van der Waals surface area contributed by atoms with Gasteiger partial charge in [0.2, 0.25) is 0 Å². The van der Waals surface area contributed by atoms with Gasteiger partial charge in [0.25, 0.3) is 5.91 Å². The molecule has 3 atom stereocenters. The molecule has 3 fully saturated rings. The molecule has 0 bridgehead atoms. The van der Waals surface area contributed by atoms with Gasteiger partial charge in [0.15, 0.2) is 6.54 Å². The first-order chi connectivity index (χ1) is 13.7. The molecule has 0 spiro atoms. The van der Waals surface area contributed by atoms with Crippen LogP contribution in [0.5, 0.6) is 0 Å². The molecule has 1 aliphatic carbocycles. The van der Waals surface area contributed by atoms with Gasteiger partial charge < -0.3 is 20.0 Å². The largest absolute Gasteiger partial charge is 0.360 e. The smallest absolute Gasteiger partial charge is 0.279 e. The van der Waals surface area contributed by atoms with Crippen molar-refractivity contribution in [3.8, 4) is 0 Å². The number of carbonyl (C=O) groups excluding carboxylic acids is 1. The van der Waals surface area contributed by atoms with Crippen molar-refractivity contribution in [3.63, 3.8) is 0 Å². The van der Waals surface area contributed by atoms with Crippen LogP contribution in [0.3, 0.4) is 0 Å². The van der Waals surface area contributed by atoms with Crippen molar-refractivity contribution in [1.29, 1.82) is 0 Å². The summed E-state index contributed by atoms with van der Waals surface area (Å²) in [5.41, 5.74) is 2.21. The number of likely N-dealkylation sites (N-methyl/N-ethyl adjacent to an activating group) is 1. The summed E-state index contributed by atoms with van der Waals surface area (Å²) in [6.45, 7) is 11.1. The highest BCUT2D eigenvalue weighted by molar-refractivity contribution is 5.91. The van der Waals surface area contributed by atoms with Crippen LogP contribution in [0.15, 0.2) is 24.3 Å². The van der Waals surface area contributed by atoms with Gasteiger partial charge in [-0.15, -0.1) is 0 Å². The molecule has 0 aromatic heterocycles. The maximum absolute atomic E-state index is 12.6. The predicted molar refractivity (Wildman–Crippen MR) is 114 cm³/mol. The lowest BCUT2D eigenvalue weighted by Gasteiger charge is -2.38. The van der Waals surface area contributed by atoms with Crippen molar-refractivity contribution in [2.45, 2.75) is 39.0 Å². The zero-order valence-corrected chi connectivity index (χ0v) is 17.5. The molecule has 3 N–H and O–H groups in total. The van der Waals surface area contributed by atoms with E-state index < -0.39 is 0 Å². The molecule has 5 heteroatoms. The van der Waals surface area contributed by atoms with E-state index in [2.05, 4.69) is 41.4 Å². The number of rotatable bonds is 5. The Kier molecular flexibility index (Phi) is 6.53. The number of nitrogens with one attached hydrogen (secondary N) is 3. The Hall–Kier alpha value is -1.59. The van der Waals surface area contributed by atoms with Gasteiger partial charge in [0.05, 0.1) is 45.8 Å². The molecule has 1 aromatic carbocycles. The zero-order chi connectivity index (χ0) is 19.3. The number of carbonyl (C=O) groups is 1. The molecule has 2 heterocycles. The third-order valence-electron chi connectivity index (χ3n) is 7.38. The molecular formula is C23H38N4O+2. The van der Waals surface area contributed by atoms with Crippen molar-refractivity contribution in [1.82, 2.24) is 0 Å². The molecule has 28 heavy (non-hydrogen) atoms. The first-order valence-electron chi connectivity index (χ1n) is 11.5. The number of piperidine rings is 1. The number of likely N-dealkylation sites (tertiary alicyclic amines) is 1. The lowest BCUT2D eigenvalue weighted by Crippen LogP contribution is -3.15. The minimum atomic E-state index is 0.164. The molecule has 2 aliphatic heterocycles. The fourth-order valence-electron chi connectivity index (χ4n) is 5.58. The summed E-state index contributed by atoms with van der Waals surface area (Å²) in [6.07, 6.45) is 6.93. The fraction of sp³-hybridized carbons (Fsp3) is 0.696. The second kappa shape index (κ2) is 9.27. The van der Waals surface area contributed by atoms with E-state index >= 15 is 0 Å². The van der Waals surface area contributed by atoms with Crippen molar-refractivity contribution >= 4 is 17.3 Å². The minimum Gasteiger partial charge on any atom is -0.360 e. The topological polar surface area (TPSA) is 41.2 Å². The molecule has 1 unspecified atom stereocenters. The number of nitrogens with zero attached hydrogens (tertiary/aromatic N) is 1. The SMILES string of the molecule is CC[NH+]1CCN(c2ccc(NC(=O)C[NH+]3CC[C@H]4CCCC[C@@H]4C3)cc2)CC1. The summed E-state index contributed by atoms with van der Waals surface area (Å²) >= 11 is 0. The Morgan fingerprint density at radius 1 is 1.00 bits per heavy atom. The molecule has 1 amide bonds. The predicted octanol–water partition coefficient (Wildman–Crippen LogP) is 0.445. The highest BCUT2D eigenvalue weighted by Gasteiger charge is 2.34. The Bertz CT molecular complexity index is 639. The average Bonchev–Trinajstić information content (AvgIpc) is 2.74. The van der Waals surface area contributed by atoms with E-state index in [1.807, 2.05) is 0 Å². The third-order valence-corrected chi connectivity index (χ3v) is 7.38. The molecule has 5 nitrogen and oxygen atoms in total. The molecule has 2 saturated heterocycles. The van der Waals surface area contributed by atoms with Crippen LogP contribution in [-0.4, -0.2) is 58.3 Å². The van der Waals surface area contributed by atoms with Gasteiger partial charge in [-0.1, -0.05) is 12.8 Å². The first-order valence-corrected chi connectivity index (χ1v) is 11.5. The highest BCUT2D eigenvalue weighted by atomic mass is 16.2. The van der Waals surface area contributed by atoms with Gasteiger partial charge in [-0.3, -0.25) is 4.79 Å². The minimum absolute atomic E-state index is 0.164. The zero-order valence-electron chi connectivity index (χ0n) is 17.5. The van der Waals surface area contributed by atoms with Gasteiger partial charge in [-0.05, 0) is 56.4 Å². The molecule has 3 aliphatic rings. The second-order valence-electron chi connectivity index (χ2n) is 9.16. The fourth-order valence-corrected chi connectivity index (χ4v) is 5.58. The lowest BCUT2D eigenvalue weighted by molar-refractivity contribution is -0.902. The van der Waals surface area contributed by atoms with Crippen LogP contribution >= 0.6 is 0 Å². The van der Waals surface area contributed by atoms with E-state index in [0.717, 1.165) is 30.6 Å². The van der Waals surface area contributed by atoms with Crippen LogP contribution in [0.4, 0.5) is 11.4 Å². The number of benzene rings is 1. The number of piperazine rings is 1. The normalized spacial score (nSPS) is 28.6. The molecular weight excluding hydrogens is 348 g/mol. The van der Waals surface area contributed by atoms with Gasteiger partial charge in [0.1, 0.15) is 0 Å². The van der Waals surface area contributed by atoms with E-state index in [9.17, 15) is 4.79 Å². The van der Waals surface area contributed by atoms with Crippen molar-refractivity contribution in [2.75, 3.05) is 62.6 Å². The number of hydrogen-bond donors (Lipinski definition) is 3. The van der Waals surface area contributed by atoms with Gasteiger partial charge in [0, 0.05) is 17.3 Å². The molecule has 4 rings (SSSR count). The van der Waals surface area contributed by atoms with Crippen molar-refractivity contribution < 1.29 is 14.6 Å². The second-order valence-corrected chi connectivity index (χ2v) is 9.16. The maximum atomic E-state index is 12.6. The summed E-state index contributed by atoms with van der Waals surface area (Å²) in [4.78, 5) is 18.2. The van der Waals surface area contributed by atoms with Crippen LogP contribution in [0.2, 0.25) is 0 Å². The summed E-state index contributed by atoms with van der Waals surface area (Å²) in [5.74, 6) is 1.96. The number of quaternary nitrogens is 2. The van der Waals surface area contributed by atoms with Crippen molar-refractivity contribution in [3.05, 3.63) is 24.3 Å². The summed E-state index contributed by atoms with van der Waals surface area (Å²) in [7, 11) is 0. The van der Waals surface area contributed by atoms with Gasteiger partial charge >= 0.3 is 0 Å². The molecule has 154 valence electrons. The summed E-state index contributed by atoms with van der Waals surface area (Å²) < 4.78 is 0. The first kappa shape index (κ1) is 19.7. The summed E-state index contributed by atoms with van der Waals surface area (Å²) in [6, 6.07) is 8.45. The Morgan fingerprint density at radius 3 is 2.43 bits per heavy atom. The Balaban J connectivity index is 1.24. The van der Waals surface area contributed by atoms with Crippen LogP contribution in [0.25, 0.3) is 0 Å². The van der Waals surface area contributed by atoms with E-state index in [-0.39, 0.29) is 5.91 Å². The van der Waals surface area contributed by atoms with E-state index in [4.69, 9.17) is 0 Å². The number of anilines is 2. The number of fused-ring (bicyclic) bond motifs is 1. The average molecular weight is 387 g/mol. The van der Waals surface area contributed by atoms with Gasteiger partial charge in [-0.2, -0.15) is 0 Å². The molecule has 1 aromatic rings. The molecule has 1 saturated carbocycles. The lowest BCUT2D eigenvalue weighted by atomic mass is 9.75. The van der Waals surface area contributed by atoms with Crippen LogP contribution in [0.1, 0.15) is 39.0 Å². The van der Waals surface area contributed by atoms with Gasteiger partial charge in [-0.25, -0.2) is 0 Å². The quantitative estimate of drug-likeness (QED) is 0.688. The van der Waals surface area contributed by atoms with E-state index in [1.165, 1.54) is 75.4 Å². The molecule has 0 radical (unpaired) electrons. The summed E-state index contributed by atoms with van der Waals surface area (Å²) in [5, 5.41) is 3.13. The van der Waals surface area contributed by atoms with Crippen molar-refractivity contribution in [2.24, 2.45) is 11.8 Å². The number of hydrogen-bond acceptors (Lipinski definition) is 2. The third kappa shape index (κ3) is 4.87. The van der Waals surface area contributed by atoms with E-state index in [0.29, 0.717) is 6.54 Å². The standard InChI is InChI=1S/C23H36N4O/c1-2-25-13-15-27(16-14-25)22-9-7-21(8-10-22)24-23(28)18-26-12-11-19-5-3-4-6-20(19)17-26/h7-10,19-20H,2-6,11-18H2,1H3,(H,24,28)/p+2/t19-,20-/m1/s1. The Labute approximate surface area is 170 Å². The highest BCUT2D eigenvalue weighted by Crippen LogP contribution is 2.32. The van der Waals surface area contributed by atoms with E-state index in [1.54, 1.807) is 4.90 Å². The van der Waals surface area contributed by atoms with Crippen LogP contribution < -0.4 is 20.0 Å². The van der Waals surface area contributed by atoms with Crippen LogP contribution in [0, 0.1) is 11.8 Å². The van der Waals surface area contributed by atoms with Crippen LogP contribution in [-0.2, 0) is 4.79 Å². The Morgan fingerprint density at radius 2 is 1.71 bits per heavy atom. The maximum Gasteiger partial charge on any atom is 0.279 e.